The van der Waals surface area contributed by atoms with E-state index in [2.05, 4.69) is 0 Å². The molecule has 5 nitrogen and oxygen atoms in total. The van der Waals surface area contributed by atoms with Crippen LogP contribution in [0.1, 0.15) is 23.1 Å². The van der Waals surface area contributed by atoms with Crippen LogP contribution in [-0.2, 0) is 23.0 Å². The van der Waals surface area contributed by atoms with E-state index in [1.54, 1.807) is 13.1 Å². The monoisotopic (exact) mass is 371 g/mol. The molecule has 1 aliphatic heterocycles. The van der Waals surface area contributed by atoms with Crippen molar-refractivity contribution < 1.29 is 17.9 Å². The third-order valence-electron chi connectivity index (χ3n) is 4.77. The zero-order chi connectivity index (χ0) is 18.1. The van der Waals surface area contributed by atoms with E-state index < -0.39 is 10.0 Å². The van der Waals surface area contributed by atoms with E-state index in [1.165, 1.54) is 9.87 Å². The number of aryl methyl sites for hydroxylation is 1. The summed E-state index contributed by atoms with van der Waals surface area (Å²) in [5, 5.41) is 0. The number of hydrogen-bond donors (Lipinski definition) is 0. The predicted octanol–water partition coefficient (Wildman–Crippen LogP) is 3.21. The molecule has 0 unspecified atom stereocenters. The second kappa shape index (κ2) is 6.78. The summed E-state index contributed by atoms with van der Waals surface area (Å²) < 4.78 is 38.5. The number of sulfonamides is 1. The molecule has 0 aromatic heterocycles. The first-order valence-electron chi connectivity index (χ1n) is 8.67. The molecule has 2 aromatic rings. The largest absolute Gasteiger partial charge is 0.486 e. The van der Waals surface area contributed by atoms with Crippen LogP contribution in [-0.4, -0.2) is 33.0 Å². The Kier molecular flexibility index (Phi) is 4.46. The minimum atomic E-state index is -3.50. The van der Waals surface area contributed by atoms with Gasteiger partial charge in [-0.25, -0.2) is 8.42 Å². The second-order valence-electron chi connectivity index (χ2n) is 6.55. The van der Waals surface area contributed by atoms with E-state index in [0.29, 0.717) is 36.0 Å². The van der Waals surface area contributed by atoms with Gasteiger partial charge in [-0.15, -0.1) is 0 Å². The van der Waals surface area contributed by atoms with Gasteiger partial charge in [-0.05, 0) is 47.7 Å². The van der Waals surface area contributed by atoms with Crippen molar-refractivity contribution in [3.63, 3.8) is 0 Å². The van der Waals surface area contributed by atoms with Crippen molar-refractivity contribution in [1.82, 2.24) is 4.31 Å². The summed E-state index contributed by atoms with van der Waals surface area (Å²) in [6.07, 6.45) is 3.08. The number of nitrogens with zero attached hydrogens (tertiary/aromatic N) is 1. The number of rotatable bonds is 4. The van der Waals surface area contributed by atoms with E-state index in [9.17, 15) is 8.42 Å². The van der Waals surface area contributed by atoms with Crippen molar-refractivity contribution in [3.8, 4) is 11.5 Å². The minimum absolute atomic E-state index is 0.290. The van der Waals surface area contributed by atoms with Crippen molar-refractivity contribution in [2.45, 2.75) is 19.4 Å². The quantitative estimate of drug-likeness (QED) is 0.828. The van der Waals surface area contributed by atoms with Gasteiger partial charge in [-0.1, -0.05) is 30.3 Å². The standard InChI is InChI=1S/C20H21NO4S/c1-21(14-15-6-9-19-20(12-15)25-11-10-24-19)26(22,23)18-8-7-16-4-2-3-5-17(16)13-18/h2-6,9,12-13H,7-8,10-11,14H2,1H3. The maximum atomic E-state index is 13.0. The molecule has 2 aliphatic rings. The Hall–Kier alpha value is -2.31. The lowest BCUT2D eigenvalue weighted by molar-refractivity contribution is 0.171. The van der Waals surface area contributed by atoms with E-state index in [0.717, 1.165) is 17.5 Å². The van der Waals surface area contributed by atoms with Crippen LogP contribution < -0.4 is 9.47 Å². The summed E-state index contributed by atoms with van der Waals surface area (Å²) >= 11 is 0. The molecule has 4 rings (SSSR count). The fraction of sp³-hybridized carbons (Fsp3) is 0.300. The summed E-state index contributed by atoms with van der Waals surface area (Å²) in [4.78, 5) is 0.469. The molecule has 0 radical (unpaired) electrons. The maximum Gasteiger partial charge on any atom is 0.239 e. The van der Waals surface area contributed by atoms with Gasteiger partial charge in [0, 0.05) is 13.6 Å². The molecule has 0 amide bonds. The number of fused-ring (bicyclic) bond motifs is 2. The molecule has 2 aromatic carbocycles. The lowest BCUT2D eigenvalue weighted by Gasteiger charge is -2.23. The molecule has 0 saturated heterocycles. The molecule has 0 spiro atoms. The number of ether oxygens (including phenoxy) is 2. The molecule has 26 heavy (non-hydrogen) atoms. The number of benzene rings is 2. The van der Waals surface area contributed by atoms with Crippen LogP contribution in [0.2, 0.25) is 0 Å². The van der Waals surface area contributed by atoms with Gasteiger partial charge in [0.2, 0.25) is 10.0 Å². The topological polar surface area (TPSA) is 55.8 Å². The molecule has 1 heterocycles. The Morgan fingerprint density at radius 2 is 1.77 bits per heavy atom. The molecular formula is C20H21NO4S. The molecule has 0 atom stereocenters. The first kappa shape index (κ1) is 17.1. The summed E-state index contributed by atoms with van der Waals surface area (Å²) in [6.45, 7) is 1.34. The molecule has 0 saturated carbocycles. The van der Waals surface area contributed by atoms with Gasteiger partial charge in [-0.3, -0.25) is 0 Å². The van der Waals surface area contributed by atoms with Gasteiger partial charge in [0.05, 0.1) is 4.91 Å². The van der Waals surface area contributed by atoms with Gasteiger partial charge in [0.25, 0.3) is 0 Å². The van der Waals surface area contributed by atoms with Crippen molar-refractivity contribution in [2.24, 2.45) is 0 Å². The van der Waals surface area contributed by atoms with Crippen molar-refractivity contribution in [1.29, 1.82) is 0 Å². The highest BCUT2D eigenvalue weighted by Gasteiger charge is 2.26. The van der Waals surface area contributed by atoms with E-state index in [4.69, 9.17) is 9.47 Å². The highest BCUT2D eigenvalue weighted by atomic mass is 32.2. The Balaban J connectivity index is 1.56. The molecule has 1 aliphatic carbocycles. The highest BCUT2D eigenvalue weighted by Crippen LogP contribution is 2.32. The lowest BCUT2D eigenvalue weighted by atomic mass is 9.98. The normalized spacial score (nSPS) is 16.2. The molecule has 0 bridgehead atoms. The average molecular weight is 371 g/mol. The van der Waals surface area contributed by atoms with E-state index in [1.807, 2.05) is 42.5 Å². The fourth-order valence-electron chi connectivity index (χ4n) is 3.34. The van der Waals surface area contributed by atoms with Crippen LogP contribution in [0.25, 0.3) is 6.08 Å². The van der Waals surface area contributed by atoms with Crippen LogP contribution in [0.15, 0.2) is 47.4 Å². The summed E-state index contributed by atoms with van der Waals surface area (Å²) in [5.74, 6) is 1.38. The zero-order valence-electron chi connectivity index (χ0n) is 14.6. The smallest absolute Gasteiger partial charge is 0.239 e. The maximum absolute atomic E-state index is 13.0. The Bertz CT molecular complexity index is 966. The molecule has 0 fully saturated rings. The van der Waals surface area contributed by atoms with Crippen molar-refractivity contribution in [3.05, 3.63) is 64.1 Å². The second-order valence-corrected chi connectivity index (χ2v) is 8.65. The van der Waals surface area contributed by atoms with Gasteiger partial charge >= 0.3 is 0 Å². The Labute approximate surface area is 153 Å². The van der Waals surface area contributed by atoms with Crippen LogP contribution >= 0.6 is 0 Å². The Morgan fingerprint density at radius 1 is 1.00 bits per heavy atom. The van der Waals surface area contributed by atoms with Crippen LogP contribution in [0, 0.1) is 0 Å². The fourth-order valence-corrected chi connectivity index (χ4v) is 4.69. The first-order chi connectivity index (χ1) is 12.5. The zero-order valence-corrected chi connectivity index (χ0v) is 15.5. The molecule has 0 N–H and O–H groups in total. The third kappa shape index (κ3) is 3.22. The number of allylic oxidation sites excluding steroid dienone is 1. The Morgan fingerprint density at radius 3 is 2.62 bits per heavy atom. The average Bonchev–Trinajstić information content (AvgIpc) is 2.67. The van der Waals surface area contributed by atoms with Gasteiger partial charge in [0.1, 0.15) is 13.2 Å². The van der Waals surface area contributed by atoms with Crippen LogP contribution in [0.5, 0.6) is 11.5 Å². The first-order valence-corrected chi connectivity index (χ1v) is 10.1. The van der Waals surface area contributed by atoms with Crippen molar-refractivity contribution >= 4 is 16.1 Å². The van der Waals surface area contributed by atoms with Crippen molar-refractivity contribution in [2.75, 3.05) is 20.3 Å². The van der Waals surface area contributed by atoms with Crippen LogP contribution in [0.3, 0.4) is 0 Å². The molecule has 6 heteroatoms. The molecular weight excluding hydrogens is 350 g/mol. The van der Waals surface area contributed by atoms with E-state index >= 15 is 0 Å². The summed E-state index contributed by atoms with van der Waals surface area (Å²) in [5.41, 5.74) is 3.06. The van der Waals surface area contributed by atoms with E-state index in [-0.39, 0.29) is 6.54 Å². The van der Waals surface area contributed by atoms with Crippen LogP contribution in [0.4, 0.5) is 0 Å². The number of hydrogen-bond acceptors (Lipinski definition) is 4. The van der Waals surface area contributed by atoms with Gasteiger partial charge in [0.15, 0.2) is 11.5 Å². The highest BCUT2D eigenvalue weighted by molar-refractivity contribution is 7.93. The summed E-state index contributed by atoms with van der Waals surface area (Å²) in [6, 6.07) is 13.5. The van der Waals surface area contributed by atoms with Gasteiger partial charge in [-0.2, -0.15) is 4.31 Å². The predicted molar refractivity (Wildman–Crippen MR) is 101 cm³/mol. The molecule has 136 valence electrons. The SMILES string of the molecule is CN(Cc1ccc2c(c1)OCCO2)S(=O)(=O)C1=Cc2ccccc2CC1. The lowest BCUT2D eigenvalue weighted by Crippen LogP contribution is -2.28. The minimum Gasteiger partial charge on any atom is -0.486 e. The third-order valence-corrected chi connectivity index (χ3v) is 6.70. The summed E-state index contributed by atoms with van der Waals surface area (Å²) in [7, 11) is -1.88. The van der Waals surface area contributed by atoms with Gasteiger partial charge < -0.3 is 9.47 Å².